The third-order valence-electron chi connectivity index (χ3n) is 3.41. The normalized spacial score (nSPS) is 10.7. The number of nitrogens with zero attached hydrogens (tertiary/aromatic N) is 2. The van der Waals surface area contributed by atoms with E-state index in [4.69, 9.17) is 4.52 Å². The largest absolute Gasteiger partial charge is 0.361 e. The van der Waals surface area contributed by atoms with Gasteiger partial charge in [-0.15, -0.1) is 11.3 Å². The molecule has 0 unspecified atom stereocenters. The Labute approximate surface area is 151 Å². The first-order valence-corrected chi connectivity index (χ1v) is 8.92. The first-order chi connectivity index (χ1) is 11.0. The van der Waals surface area contributed by atoms with E-state index in [2.05, 4.69) is 38.0 Å². The number of carbonyl (C=O) groups is 1. The topological polar surface area (TPSA) is 68.0 Å². The molecule has 0 fully saturated rings. The molecule has 0 radical (unpaired) electrons. The Morgan fingerprint density at radius 1 is 1.30 bits per heavy atom. The molecule has 0 spiro atoms. The fourth-order valence-electron chi connectivity index (χ4n) is 2.16. The lowest BCUT2D eigenvalue weighted by atomic mass is 10.1. The minimum absolute atomic E-state index is 0.122. The molecule has 0 bridgehead atoms. The fourth-order valence-corrected chi connectivity index (χ4v) is 3.26. The van der Waals surface area contributed by atoms with Crippen LogP contribution in [0.4, 0.5) is 5.13 Å². The SMILES string of the molecule is Cc1noc(C)c1CC(=O)Nc1nc(-c2ccc(I)cc2)cs1. The molecule has 0 aliphatic rings. The highest BCUT2D eigenvalue weighted by molar-refractivity contribution is 14.1. The second kappa shape index (κ2) is 6.79. The van der Waals surface area contributed by atoms with Crippen molar-refractivity contribution < 1.29 is 9.32 Å². The molecule has 0 saturated carbocycles. The molecule has 3 rings (SSSR count). The lowest BCUT2D eigenvalue weighted by Crippen LogP contribution is -2.15. The van der Waals surface area contributed by atoms with E-state index >= 15 is 0 Å². The fraction of sp³-hybridized carbons (Fsp3) is 0.188. The average Bonchev–Trinajstić information content (AvgIpc) is 3.10. The zero-order valence-electron chi connectivity index (χ0n) is 12.6. The van der Waals surface area contributed by atoms with Gasteiger partial charge < -0.3 is 9.84 Å². The third-order valence-corrected chi connectivity index (χ3v) is 4.89. The maximum Gasteiger partial charge on any atom is 0.230 e. The van der Waals surface area contributed by atoms with Crippen molar-refractivity contribution in [3.8, 4) is 11.3 Å². The van der Waals surface area contributed by atoms with Crippen LogP contribution < -0.4 is 5.32 Å². The van der Waals surface area contributed by atoms with Crippen LogP contribution >= 0.6 is 33.9 Å². The van der Waals surface area contributed by atoms with Crippen molar-refractivity contribution >= 4 is 45.0 Å². The van der Waals surface area contributed by atoms with Gasteiger partial charge in [0.2, 0.25) is 5.91 Å². The molecule has 3 aromatic rings. The lowest BCUT2D eigenvalue weighted by molar-refractivity contribution is -0.115. The van der Waals surface area contributed by atoms with Crippen LogP contribution in [0, 0.1) is 17.4 Å². The molecule has 1 aromatic carbocycles. The van der Waals surface area contributed by atoms with E-state index in [-0.39, 0.29) is 12.3 Å². The summed E-state index contributed by atoms with van der Waals surface area (Å²) in [5.74, 6) is 0.555. The van der Waals surface area contributed by atoms with Crippen LogP contribution in [0.2, 0.25) is 0 Å². The molecule has 5 nitrogen and oxygen atoms in total. The quantitative estimate of drug-likeness (QED) is 0.619. The van der Waals surface area contributed by atoms with Crippen LogP contribution in [0.5, 0.6) is 0 Å². The summed E-state index contributed by atoms with van der Waals surface area (Å²) in [6.45, 7) is 3.64. The van der Waals surface area contributed by atoms with Crippen molar-refractivity contribution in [3.63, 3.8) is 0 Å². The van der Waals surface area contributed by atoms with Crippen LogP contribution in [-0.2, 0) is 11.2 Å². The third kappa shape index (κ3) is 3.78. The van der Waals surface area contributed by atoms with Crippen molar-refractivity contribution in [1.82, 2.24) is 10.1 Å². The van der Waals surface area contributed by atoms with Crippen molar-refractivity contribution in [2.45, 2.75) is 20.3 Å². The Morgan fingerprint density at radius 2 is 2.04 bits per heavy atom. The Hall–Kier alpha value is -1.74. The van der Waals surface area contributed by atoms with E-state index in [1.807, 2.05) is 36.6 Å². The van der Waals surface area contributed by atoms with Crippen LogP contribution in [-0.4, -0.2) is 16.0 Å². The number of aryl methyl sites for hydroxylation is 2. The molecule has 2 heterocycles. The summed E-state index contributed by atoms with van der Waals surface area (Å²) in [6.07, 6.45) is 0.236. The molecule has 0 atom stereocenters. The highest BCUT2D eigenvalue weighted by atomic mass is 127. The molecule has 118 valence electrons. The minimum atomic E-state index is -0.122. The number of nitrogens with one attached hydrogen (secondary N) is 1. The van der Waals surface area contributed by atoms with Crippen LogP contribution in [0.3, 0.4) is 0 Å². The van der Waals surface area contributed by atoms with Gasteiger partial charge in [0.25, 0.3) is 0 Å². The van der Waals surface area contributed by atoms with E-state index in [0.717, 1.165) is 22.5 Å². The second-order valence-electron chi connectivity index (χ2n) is 5.07. The van der Waals surface area contributed by atoms with E-state index < -0.39 is 0 Å². The number of halogens is 1. The Kier molecular flexibility index (Phi) is 4.76. The molecule has 0 aliphatic carbocycles. The predicted octanol–water partition coefficient (Wildman–Crippen LogP) is 4.20. The maximum atomic E-state index is 12.2. The molecular formula is C16H14IN3O2S. The summed E-state index contributed by atoms with van der Waals surface area (Å²) in [4.78, 5) is 16.6. The summed E-state index contributed by atoms with van der Waals surface area (Å²) in [5, 5.41) is 9.22. The molecule has 0 aliphatic heterocycles. The van der Waals surface area contributed by atoms with Gasteiger partial charge in [-0.1, -0.05) is 17.3 Å². The van der Waals surface area contributed by atoms with Gasteiger partial charge in [-0.3, -0.25) is 4.79 Å². The van der Waals surface area contributed by atoms with Crippen LogP contribution in [0.25, 0.3) is 11.3 Å². The molecule has 7 heteroatoms. The van der Waals surface area contributed by atoms with Gasteiger partial charge in [0, 0.05) is 20.1 Å². The van der Waals surface area contributed by atoms with E-state index in [1.54, 1.807) is 6.92 Å². The Balaban J connectivity index is 1.69. The van der Waals surface area contributed by atoms with Gasteiger partial charge in [0.05, 0.1) is 17.8 Å². The highest BCUT2D eigenvalue weighted by Gasteiger charge is 2.14. The van der Waals surface area contributed by atoms with Gasteiger partial charge in [-0.25, -0.2) is 4.98 Å². The number of hydrogen-bond donors (Lipinski definition) is 1. The molecular weight excluding hydrogens is 425 g/mol. The predicted molar refractivity (Wildman–Crippen MR) is 98.6 cm³/mol. The molecule has 0 saturated heterocycles. The van der Waals surface area contributed by atoms with Gasteiger partial charge in [0.15, 0.2) is 5.13 Å². The van der Waals surface area contributed by atoms with Crippen LogP contribution in [0.1, 0.15) is 17.0 Å². The van der Waals surface area contributed by atoms with Crippen LogP contribution in [0.15, 0.2) is 34.2 Å². The maximum absolute atomic E-state index is 12.2. The van der Waals surface area contributed by atoms with E-state index in [9.17, 15) is 4.79 Å². The number of anilines is 1. The molecule has 1 N–H and O–H groups in total. The molecule has 1 amide bonds. The number of hydrogen-bond acceptors (Lipinski definition) is 5. The standard InChI is InChI=1S/C16H14IN3O2S/c1-9-13(10(2)22-20-9)7-15(21)19-16-18-14(8-23-16)11-3-5-12(17)6-4-11/h3-6,8H,7H2,1-2H3,(H,18,19,21). The Morgan fingerprint density at radius 3 is 2.70 bits per heavy atom. The number of aromatic nitrogens is 2. The van der Waals surface area contributed by atoms with E-state index in [0.29, 0.717) is 10.9 Å². The summed E-state index contributed by atoms with van der Waals surface area (Å²) in [7, 11) is 0. The highest BCUT2D eigenvalue weighted by Crippen LogP contribution is 2.25. The summed E-state index contributed by atoms with van der Waals surface area (Å²) < 4.78 is 6.25. The average molecular weight is 439 g/mol. The zero-order chi connectivity index (χ0) is 16.4. The lowest BCUT2D eigenvalue weighted by Gasteiger charge is -2.01. The number of thiazole rings is 1. The van der Waals surface area contributed by atoms with Crippen molar-refractivity contribution in [1.29, 1.82) is 0 Å². The van der Waals surface area contributed by atoms with Crippen molar-refractivity contribution in [3.05, 3.63) is 50.2 Å². The van der Waals surface area contributed by atoms with E-state index in [1.165, 1.54) is 14.9 Å². The number of carbonyl (C=O) groups excluding carboxylic acids is 1. The smallest absolute Gasteiger partial charge is 0.230 e. The number of amides is 1. The summed E-state index contributed by atoms with van der Waals surface area (Å²) in [5.41, 5.74) is 3.47. The van der Waals surface area contributed by atoms with Gasteiger partial charge in [-0.05, 0) is 48.6 Å². The monoisotopic (exact) mass is 439 g/mol. The summed E-state index contributed by atoms with van der Waals surface area (Å²) >= 11 is 3.68. The number of rotatable bonds is 4. The first kappa shape index (κ1) is 16.1. The zero-order valence-corrected chi connectivity index (χ0v) is 15.6. The Bertz CT molecular complexity index is 820. The van der Waals surface area contributed by atoms with Gasteiger partial charge in [-0.2, -0.15) is 0 Å². The van der Waals surface area contributed by atoms with Gasteiger partial charge >= 0.3 is 0 Å². The molecule has 2 aromatic heterocycles. The number of benzene rings is 1. The summed E-state index contributed by atoms with van der Waals surface area (Å²) in [6, 6.07) is 8.11. The minimum Gasteiger partial charge on any atom is -0.361 e. The first-order valence-electron chi connectivity index (χ1n) is 6.96. The van der Waals surface area contributed by atoms with Crippen molar-refractivity contribution in [2.75, 3.05) is 5.32 Å². The second-order valence-corrected chi connectivity index (χ2v) is 7.18. The molecule has 23 heavy (non-hydrogen) atoms. The van der Waals surface area contributed by atoms with Gasteiger partial charge in [0.1, 0.15) is 5.76 Å². The van der Waals surface area contributed by atoms with Crippen molar-refractivity contribution in [2.24, 2.45) is 0 Å².